The van der Waals surface area contributed by atoms with Crippen molar-refractivity contribution in [3.8, 4) is 44.5 Å². The van der Waals surface area contributed by atoms with Gasteiger partial charge in [0.2, 0.25) is 0 Å². The number of hydrogen-bond acceptors (Lipinski definition) is 1. The van der Waals surface area contributed by atoms with Crippen molar-refractivity contribution in [2.24, 2.45) is 0 Å². The van der Waals surface area contributed by atoms with Crippen molar-refractivity contribution in [2.75, 3.05) is 4.90 Å². The van der Waals surface area contributed by atoms with Crippen molar-refractivity contribution in [3.05, 3.63) is 269 Å². The van der Waals surface area contributed by atoms with Gasteiger partial charge in [0.25, 0.3) is 0 Å². The van der Waals surface area contributed by atoms with Crippen molar-refractivity contribution in [1.82, 2.24) is 0 Å². The van der Waals surface area contributed by atoms with Crippen LogP contribution in [0.4, 0.5) is 17.1 Å². The van der Waals surface area contributed by atoms with Crippen LogP contribution in [-0.4, -0.2) is 0 Å². The van der Waals surface area contributed by atoms with Gasteiger partial charge in [0, 0.05) is 27.8 Å². The van der Waals surface area contributed by atoms with E-state index in [1.807, 2.05) is 0 Å². The standard InChI is InChI=1S/C65H49N/c1-63(2)54-30-16-14-27-52(54)60-48(29-19-33-57(60)63)42-34-36-46(37-35-42)66(59-40-43-20-11-12-25-49(43)62-61(59)53-28-15-17-31-55(53)64(62,3)4)47-38-39-51-50-26-13-18-32-56(50)65(58(51)41-47,44-21-7-5-8-22-44)45-23-9-6-10-24-45/h5-41H,1-4H3. The molecular weight excluding hydrogens is 795 g/mol. The largest absolute Gasteiger partial charge is 0.310 e. The molecule has 0 radical (unpaired) electrons. The van der Waals surface area contributed by atoms with E-state index in [9.17, 15) is 0 Å². The molecule has 0 spiro atoms. The minimum Gasteiger partial charge on any atom is -0.310 e. The molecule has 3 aliphatic carbocycles. The van der Waals surface area contributed by atoms with E-state index in [-0.39, 0.29) is 10.8 Å². The zero-order valence-electron chi connectivity index (χ0n) is 37.8. The minimum absolute atomic E-state index is 0.0683. The van der Waals surface area contributed by atoms with E-state index in [2.05, 4.69) is 257 Å². The molecule has 1 heteroatoms. The van der Waals surface area contributed by atoms with Gasteiger partial charge in [0.1, 0.15) is 0 Å². The molecule has 0 aromatic heterocycles. The summed E-state index contributed by atoms with van der Waals surface area (Å²) in [5.74, 6) is 0. The predicted octanol–water partition coefficient (Wildman–Crippen LogP) is 17.0. The van der Waals surface area contributed by atoms with Crippen LogP contribution in [0.15, 0.2) is 224 Å². The van der Waals surface area contributed by atoms with Crippen molar-refractivity contribution in [2.45, 2.75) is 43.9 Å². The van der Waals surface area contributed by atoms with Crippen LogP contribution in [0.2, 0.25) is 0 Å². The molecular formula is C65H49N. The lowest BCUT2D eigenvalue weighted by atomic mass is 9.67. The second kappa shape index (κ2) is 14.1. The van der Waals surface area contributed by atoms with Crippen LogP contribution in [0.3, 0.4) is 0 Å². The molecule has 0 N–H and O–H groups in total. The quantitative estimate of drug-likeness (QED) is 0.161. The number of anilines is 3. The van der Waals surface area contributed by atoms with Crippen LogP contribution in [0.5, 0.6) is 0 Å². The van der Waals surface area contributed by atoms with Crippen LogP contribution in [0, 0.1) is 0 Å². The average molecular weight is 844 g/mol. The van der Waals surface area contributed by atoms with Gasteiger partial charge in [-0.05, 0) is 125 Å². The van der Waals surface area contributed by atoms with Gasteiger partial charge in [0.05, 0.1) is 11.1 Å². The molecule has 0 fully saturated rings. The molecule has 0 saturated carbocycles. The Labute approximate surface area is 388 Å². The third-order valence-corrected chi connectivity index (χ3v) is 15.5. The topological polar surface area (TPSA) is 3.24 Å². The minimum atomic E-state index is -0.530. The second-order valence-electron chi connectivity index (χ2n) is 19.6. The second-order valence-corrected chi connectivity index (χ2v) is 19.6. The maximum absolute atomic E-state index is 2.56. The zero-order chi connectivity index (χ0) is 44.4. The van der Waals surface area contributed by atoms with E-state index in [0.29, 0.717) is 0 Å². The highest BCUT2D eigenvalue weighted by Crippen LogP contribution is 2.60. The Morgan fingerprint density at radius 1 is 0.333 bits per heavy atom. The summed E-state index contributed by atoms with van der Waals surface area (Å²) in [4.78, 5) is 2.56. The van der Waals surface area contributed by atoms with Crippen molar-refractivity contribution in [1.29, 1.82) is 0 Å². The molecule has 314 valence electrons. The van der Waals surface area contributed by atoms with Crippen LogP contribution >= 0.6 is 0 Å². The maximum Gasteiger partial charge on any atom is 0.0714 e. The summed E-state index contributed by atoms with van der Waals surface area (Å²) in [6.45, 7) is 9.55. The van der Waals surface area contributed by atoms with Gasteiger partial charge in [-0.1, -0.05) is 222 Å². The number of rotatable bonds is 6. The van der Waals surface area contributed by atoms with Gasteiger partial charge < -0.3 is 4.90 Å². The highest BCUT2D eigenvalue weighted by Gasteiger charge is 2.47. The van der Waals surface area contributed by atoms with E-state index >= 15 is 0 Å². The van der Waals surface area contributed by atoms with Gasteiger partial charge in [0.15, 0.2) is 0 Å². The van der Waals surface area contributed by atoms with Crippen molar-refractivity contribution >= 4 is 27.8 Å². The molecule has 66 heavy (non-hydrogen) atoms. The monoisotopic (exact) mass is 843 g/mol. The molecule has 10 aromatic carbocycles. The van der Waals surface area contributed by atoms with E-state index in [0.717, 1.165) is 11.4 Å². The maximum atomic E-state index is 2.56. The van der Waals surface area contributed by atoms with E-state index in [1.54, 1.807) is 0 Å². The van der Waals surface area contributed by atoms with Crippen LogP contribution < -0.4 is 4.90 Å². The van der Waals surface area contributed by atoms with Gasteiger partial charge in [-0.25, -0.2) is 0 Å². The normalized spacial score (nSPS) is 15.0. The first-order valence-corrected chi connectivity index (χ1v) is 23.4. The summed E-state index contributed by atoms with van der Waals surface area (Å²) in [5.41, 5.74) is 23.6. The summed E-state index contributed by atoms with van der Waals surface area (Å²) >= 11 is 0. The summed E-state index contributed by atoms with van der Waals surface area (Å²) < 4.78 is 0. The number of hydrogen-bond donors (Lipinski definition) is 0. The number of fused-ring (bicyclic) bond motifs is 11. The Morgan fingerprint density at radius 2 is 0.848 bits per heavy atom. The number of nitrogens with zero attached hydrogens (tertiary/aromatic N) is 1. The molecule has 3 aliphatic rings. The number of benzene rings is 10. The molecule has 0 heterocycles. The first-order valence-electron chi connectivity index (χ1n) is 23.4. The Balaban J connectivity index is 1.09. The van der Waals surface area contributed by atoms with Gasteiger partial charge in [-0.2, -0.15) is 0 Å². The molecule has 0 unspecified atom stereocenters. The Morgan fingerprint density at radius 3 is 1.55 bits per heavy atom. The van der Waals surface area contributed by atoms with E-state index < -0.39 is 5.41 Å². The first kappa shape index (κ1) is 38.7. The molecule has 10 aromatic rings. The highest BCUT2D eigenvalue weighted by atomic mass is 15.1. The average Bonchev–Trinajstić information content (AvgIpc) is 3.90. The molecule has 0 aliphatic heterocycles. The Bertz CT molecular complexity index is 3540. The summed E-state index contributed by atoms with van der Waals surface area (Å²) in [6, 6.07) is 84.5. The lowest BCUT2D eigenvalue weighted by molar-refractivity contribution is 0.660. The van der Waals surface area contributed by atoms with Crippen LogP contribution in [0.25, 0.3) is 55.3 Å². The summed E-state index contributed by atoms with van der Waals surface area (Å²) in [6.07, 6.45) is 0. The summed E-state index contributed by atoms with van der Waals surface area (Å²) in [5, 5.41) is 2.55. The molecule has 1 nitrogen and oxygen atoms in total. The van der Waals surface area contributed by atoms with Gasteiger partial charge >= 0.3 is 0 Å². The van der Waals surface area contributed by atoms with Crippen LogP contribution in [0.1, 0.15) is 72.2 Å². The fraction of sp³-hybridized carbons (Fsp3) is 0.108. The van der Waals surface area contributed by atoms with Gasteiger partial charge in [-0.15, -0.1) is 0 Å². The lowest BCUT2D eigenvalue weighted by Crippen LogP contribution is -2.28. The van der Waals surface area contributed by atoms with Crippen molar-refractivity contribution in [3.63, 3.8) is 0 Å². The molecule has 13 rings (SSSR count). The van der Waals surface area contributed by atoms with Crippen molar-refractivity contribution < 1.29 is 0 Å². The SMILES string of the molecule is CC1(C)c2ccccc2-c2c(-c3ccc(N(c4ccc5c(c4)C(c4ccccc4)(c4ccccc4)c4ccccc4-5)c4cc5ccccc5c5c4-c4ccccc4C5(C)C)cc3)cccc21. The third-order valence-electron chi connectivity index (χ3n) is 15.5. The smallest absolute Gasteiger partial charge is 0.0714 e. The van der Waals surface area contributed by atoms with E-state index in [4.69, 9.17) is 0 Å². The first-order chi connectivity index (χ1) is 32.3. The Kier molecular flexibility index (Phi) is 8.28. The Hall–Kier alpha value is -7.74. The third kappa shape index (κ3) is 5.23. The summed E-state index contributed by atoms with van der Waals surface area (Å²) in [7, 11) is 0. The fourth-order valence-electron chi connectivity index (χ4n) is 12.6. The lowest BCUT2D eigenvalue weighted by Gasteiger charge is -2.35. The molecule has 0 atom stereocenters. The molecule has 0 bridgehead atoms. The molecule has 0 amide bonds. The van der Waals surface area contributed by atoms with E-state index in [1.165, 1.54) is 105 Å². The molecule has 0 saturated heterocycles. The highest BCUT2D eigenvalue weighted by molar-refractivity contribution is 6.06. The zero-order valence-corrected chi connectivity index (χ0v) is 37.8. The fourth-order valence-corrected chi connectivity index (χ4v) is 12.6. The van der Waals surface area contributed by atoms with Gasteiger partial charge in [-0.3, -0.25) is 0 Å². The van der Waals surface area contributed by atoms with Crippen LogP contribution in [-0.2, 0) is 16.2 Å². The predicted molar refractivity (Wildman–Crippen MR) is 276 cm³/mol.